The Balaban J connectivity index is 1.65. The van der Waals surface area contributed by atoms with Gasteiger partial charge in [0.1, 0.15) is 5.70 Å². The van der Waals surface area contributed by atoms with Crippen LogP contribution in [0.5, 0.6) is 0 Å². The predicted molar refractivity (Wildman–Crippen MR) is 133 cm³/mol. The molecule has 0 bridgehead atoms. The molecule has 1 fully saturated rings. The highest BCUT2D eigenvalue weighted by atomic mass is 16.2. The van der Waals surface area contributed by atoms with Crippen LogP contribution in [0.4, 0.5) is 5.69 Å². The van der Waals surface area contributed by atoms with Crippen LogP contribution in [-0.4, -0.2) is 54.3 Å². The number of piperazine rings is 1. The van der Waals surface area contributed by atoms with E-state index in [0.29, 0.717) is 17.0 Å². The van der Waals surface area contributed by atoms with Crippen LogP contribution in [0.1, 0.15) is 23.6 Å². The van der Waals surface area contributed by atoms with Gasteiger partial charge in [0.05, 0.1) is 11.3 Å². The van der Waals surface area contributed by atoms with Gasteiger partial charge in [0.25, 0.3) is 11.8 Å². The number of nitrogens with zero attached hydrogens (tertiary/aromatic N) is 3. The van der Waals surface area contributed by atoms with E-state index >= 15 is 0 Å². The average molecular weight is 440 g/mol. The minimum atomic E-state index is -0.240. The van der Waals surface area contributed by atoms with E-state index in [2.05, 4.69) is 22.8 Å². The van der Waals surface area contributed by atoms with E-state index in [1.165, 1.54) is 4.90 Å². The molecule has 0 radical (unpaired) electrons. The van der Waals surface area contributed by atoms with E-state index in [4.69, 9.17) is 0 Å². The molecule has 0 aliphatic carbocycles. The fourth-order valence-corrected chi connectivity index (χ4v) is 5.06. The van der Waals surface area contributed by atoms with Gasteiger partial charge in [-0.05, 0) is 43.0 Å². The SMILES string of the molecule is CCN1CCN(C2=C(c3ccc(C)cc3C)C(=O)N(c3cccc4ccccc34)C2=O)CC1. The Morgan fingerprint density at radius 3 is 2.27 bits per heavy atom. The zero-order valence-electron chi connectivity index (χ0n) is 19.5. The molecular formula is C28H29N3O2. The van der Waals surface area contributed by atoms with Crippen LogP contribution in [-0.2, 0) is 9.59 Å². The highest BCUT2D eigenvalue weighted by Gasteiger charge is 2.43. The zero-order chi connectivity index (χ0) is 23.1. The Labute approximate surface area is 194 Å². The van der Waals surface area contributed by atoms with Crippen molar-refractivity contribution in [3.05, 3.63) is 83.1 Å². The van der Waals surface area contributed by atoms with Crippen molar-refractivity contribution in [2.75, 3.05) is 37.6 Å². The number of benzene rings is 3. The third-order valence-electron chi connectivity index (χ3n) is 6.85. The predicted octanol–water partition coefficient (Wildman–Crippen LogP) is 4.38. The van der Waals surface area contributed by atoms with Gasteiger partial charge in [-0.2, -0.15) is 0 Å². The Kier molecular flexibility index (Phi) is 5.51. The van der Waals surface area contributed by atoms with Crippen molar-refractivity contribution in [1.82, 2.24) is 9.80 Å². The molecule has 5 rings (SSSR count). The van der Waals surface area contributed by atoms with E-state index in [9.17, 15) is 9.59 Å². The molecule has 2 amide bonds. The topological polar surface area (TPSA) is 43.9 Å². The summed E-state index contributed by atoms with van der Waals surface area (Å²) in [5, 5.41) is 1.91. The average Bonchev–Trinajstić information content (AvgIpc) is 3.08. The molecule has 1 saturated heterocycles. The fourth-order valence-electron chi connectivity index (χ4n) is 5.06. The van der Waals surface area contributed by atoms with Gasteiger partial charge < -0.3 is 9.80 Å². The number of fused-ring (bicyclic) bond motifs is 1. The first-order valence-electron chi connectivity index (χ1n) is 11.7. The monoisotopic (exact) mass is 439 g/mol. The second-order valence-electron chi connectivity index (χ2n) is 8.91. The molecule has 2 heterocycles. The van der Waals surface area contributed by atoms with Gasteiger partial charge in [0.2, 0.25) is 0 Å². The summed E-state index contributed by atoms with van der Waals surface area (Å²) in [7, 11) is 0. The molecule has 2 aliphatic rings. The number of anilines is 1. The summed E-state index contributed by atoms with van der Waals surface area (Å²) < 4.78 is 0. The van der Waals surface area contributed by atoms with Crippen molar-refractivity contribution >= 4 is 33.8 Å². The van der Waals surface area contributed by atoms with E-state index < -0.39 is 0 Å². The Morgan fingerprint density at radius 2 is 1.55 bits per heavy atom. The number of carbonyl (C=O) groups is 2. The van der Waals surface area contributed by atoms with Crippen LogP contribution in [0.25, 0.3) is 16.3 Å². The molecule has 0 aromatic heterocycles. The van der Waals surface area contributed by atoms with Crippen LogP contribution >= 0.6 is 0 Å². The number of rotatable bonds is 4. The quantitative estimate of drug-likeness (QED) is 0.566. The lowest BCUT2D eigenvalue weighted by atomic mass is 9.97. The summed E-state index contributed by atoms with van der Waals surface area (Å²) in [5.41, 5.74) is 4.70. The van der Waals surface area contributed by atoms with Crippen LogP contribution < -0.4 is 4.90 Å². The number of imide groups is 1. The molecule has 2 aliphatic heterocycles. The summed E-state index contributed by atoms with van der Waals surface area (Å²) in [4.78, 5) is 33.8. The highest BCUT2D eigenvalue weighted by molar-refractivity contribution is 6.46. The van der Waals surface area contributed by atoms with E-state index in [-0.39, 0.29) is 11.8 Å². The lowest BCUT2D eigenvalue weighted by molar-refractivity contribution is -0.120. The Bertz CT molecular complexity index is 1280. The summed E-state index contributed by atoms with van der Waals surface area (Å²) in [5.74, 6) is -0.465. The first-order valence-corrected chi connectivity index (χ1v) is 11.7. The van der Waals surface area contributed by atoms with Gasteiger partial charge >= 0.3 is 0 Å². The van der Waals surface area contributed by atoms with Crippen molar-refractivity contribution in [3.63, 3.8) is 0 Å². The fraction of sp³-hybridized carbons (Fsp3) is 0.286. The van der Waals surface area contributed by atoms with Crippen LogP contribution in [0.15, 0.2) is 66.4 Å². The molecule has 0 atom stereocenters. The maximum absolute atomic E-state index is 14.0. The molecular weight excluding hydrogens is 410 g/mol. The van der Waals surface area contributed by atoms with Gasteiger partial charge in [-0.1, -0.05) is 67.1 Å². The van der Waals surface area contributed by atoms with Crippen molar-refractivity contribution < 1.29 is 9.59 Å². The van der Waals surface area contributed by atoms with Gasteiger partial charge in [-0.15, -0.1) is 0 Å². The first-order chi connectivity index (χ1) is 16.0. The van der Waals surface area contributed by atoms with E-state index in [0.717, 1.165) is 60.2 Å². The van der Waals surface area contributed by atoms with E-state index in [1.807, 2.05) is 68.4 Å². The number of carbonyl (C=O) groups excluding carboxylic acids is 2. The second-order valence-corrected chi connectivity index (χ2v) is 8.91. The summed E-state index contributed by atoms with van der Waals surface area (Å²) in [6.07, 6.45) is 0. The van der Waals surface area contributed by atoms with Crippen molar-refractivity contribution in [2.45, 2.75) is 20.8 Å². The lowest BCUT2D eigenvalue weighted by Gasteiger charge is -2.36. The normalized spacial score (nSPS) is 17.5. The number of likely N-dealkylation sites (N-methyl/N-ethyl adjacent to an activating group) is 1. The van der Waals surface area contributed by atoms with Gasteiger partial charge in [0.15, 0.2) is 0 Å². The second kappa shape index (κ2) is 8.49. The van der Waals surface area contributed by atoms with Gasteiger partial charge in [-0.25, -0.2) is 4.90 Å². The van der Waals surface area contributed by atoms with Crippen LogP contribution in [0.3, 0.4) is 0 Å². The maximum atomic E-state index is 14.0. The summed E-state index contributed by atoms with van der Waals surface area (Å²) in [6, 6.07) is 19.8. The molecule has 5 nitrogen and oxygen atoms in total. The smallest absolute Gasteiger partial charge is 0.282 e. The first kappa shape index (κ1) is 21.4. The third-order valence-corrected chi connectivity index (χ3v) is 6.85. The number of hydrogen-bond acceptors (Lipinski definition) is 4. The van der Waals surface area contributed by atoms with Crippen molar-refractivity contribution in [2.24, 2.45) is 0 Å². The maximum Gasteiger partial charge on any atom is 0.282 e. The number of hydrogen-bond donors (Lipinski definition) is 0. The van der Waals surface area contributed by atoms with Crippen LogP contribution in [0, 0.1) is 13.8 Å². The van der Waals surface area contributed by atoms with Crippen molar-refractivity contribution in [3.8, 4) is 0 Å². The molecule has 168 valence electrons. The van der Waals surface area contributed by atoms with Crippen molar-refractivity contribution in [1.29, 1.82) is 0 Å². The molecule has 33 heavy (non-hydrogen) atoms. The highest BCUT2D eigenvalue weighted by Crippen LogP contribution is 2.38. The molecule has 5 heteroatoms. The molecule has 0 spiro atoms. The zero-order valence-corrected chi connectivity index (χ0v) is 19.5. The summed E-state index contributed by atoms with van der Waals surface area (Å²) >= 11 is 0. The summed E-state index contributed by atoms with van der Waals surface area (Å²) in [6.45, 7) is 10.4. The Hall–Kier alpha value is -3.44. The van der Waals surface area contributed by atoms with Gasteiger partial charge in [0, 0.05) is 31.6 Å². The number of aryl methyl sites for hydroxylation is 2. The number of amides is 2. The molecule has 3 aromatic rings. The standard InChI is InChI=1S/C28H29N3O2/c1-4-29-14-16-30(17-15-29)26-25(22-13-12-19(2)18-20(22)3)27(32)31(28(26)33)24-11-7-9-21-8-5-6-10-23(21)24/h5-13,18H,4,14-17H2,1-3H3. The minimum Gasteiger partial charge on any atom is -0.364 e. The Morgan fingerprint density at radius 1 is 0.818 bits per heavy atom. The minimum absolute atomic E-state index is 0.226. The lowest BCUT2D eigenvalue weighted by Crippen LogP contribution is -2.47. The van der Waals surface area contributed by atoms with E-state index in [1.54, 1.807) is 0 Å². The molecule has 0 saturated carbocycles. The van der Waals surface area contributed by atoms with Gasteiger partial charge in [-0.3, -0.25) is 9.59 Å². The molecule has 3 aromatic carbocycles. The van der Waals surface area contributed by atoms with Crippen LogP contribution in [0.2, 0.25) is 0 Å². The molecule has 0 N–H and O–H groups in total. The largest absolute Gasteiger partial charge is 0.364 e. The molecule has 0 unspecified atom stereocenters. The third kappa shape index (κ3) is 3.62.